The van der Waals surface area contributed by atoms with E-state index in [1.54, 1.807) is 0 Å². The Morgan fingerprint density at radius 3 is 2.60 bits per heavy atom. The minimum Gasteiger partial charge on any atom is -0.237 e. The lowest BCUT2D eigenvalue weighted by Gasteiger charge is -2.07. The first kappa shape index (κ1) is 9.97. The van der Waals surface area contributed by atoms with Gasteiger partial charge in [0.25, 0.3) is 0 Å². The molecular formula is C13H17N2+. The summed E-state index contributed by atoms with van der Waals surface area (Å²) in [5.41, 5.74) is 1.34. The number of aryl methyl sites for hydroxylation is 1. The molecule has 0 aliphatic heterocycles. The van der Waals surface area contributed by atoms with Crippen LogP contribution in [-0.2, 0) is 6.54 Å². The maximum Gasteiger partial charge on any atom is 0.244 e. The summed E-state index contributed by atoms with van der Waals surface area (Å²) in [6.45, 7) is 5.39. The van der Waals surface area contributed by atoms with Crippen LogP contribution in [0, 0.1) is 0 Å². The summed E-state index contributed by atoms with van der Waals surface area (Å²) < 4.78 is 4.41. The Balaban J connectivity index is 2.24. The van der Waals surface area contributed by atoms with Crippen molar-refractivity contribution in [3.8, 4) is 0 Å². The first-order valence-electron chi connectivity index (χ1n) is 5.42. The summed E-state index contributed by atoms with van der Waals surface area (Å²) in [5.74, 6) is 0. The molecule has 0 N–H and O–H groups in total. The van der Waals surface area contributed by atoms with Crippen molar-refractivity contribution in [1.82, 2.24) is 4.57 Å². The van der Waals surface area contributed by atoms with Gasteiger partial charge in [-0.3, -0.25) is 0 Å². The molecule has 2 heteroatoms. The molecule has 1 heterocycles. The van der Waals surface area contributed by atoms with Gasteiger partial charge in [0.05, 0.1) is 6.54 Å². The van der Waals surface area contributed by atoms with E-state index in [0.29, 0.717) is 6.04 Å². The fraction of sp³-hybridized carbons (Fsp3) is 0.308. The largest absolute Gasteiger partial charge is 0.244 e. The monoisotopic (exact) mass is 201 g/mol. The van der Waals surface area contributed by atoms with Crippen LogP contribution in [0.5, 0.6) is 0 Å². The van der Waals surface area contributed by atoms with E-state index in [0.717, 1.165) is 6.54 Å². The summed E-state index contributed by atoms with van der Waals surface area (Å²) in [4.78, 5) is 0. The molecule has 1 atom stereocenters. The molecule has 0 aliphatic rings. The van der Waals surface area contributed by atoms with Gasteiger partial charge in [0.15, 0.2) is 0 Å². The van der Waals surface area contributed by atoms with Crippen LogP contribution < -0.4 is 4.57 Å². The number of benzene rings is 1. The lowest BCUT2D eigenvalue weighted by molar-refractivity contribution is -0.693. The van der Waals surface area contributed by atoms with Crippen molar-refractivity contribution in [2.45, 2.75) is 26.4 Å². The summed E-state index contributed by atoms with van der Waals surface area (Å²) in [5, 5.41) is 0. The molecule has 1 aromatic carbocycles. The Hall–Kier alpha value is -1.57. The normalized spacial score (nSPS) is 12.7. The van der Waals surface area contributed by atoms with Crippen molar-refractivity contribution in [2.24, 2.45) is 0 Å². The summed E-state index contributed by atoms with van der Waals surface area (Å²) in [7, 11) is 0. The molecule has 0 spiro atoms. The molecule has 2 rings (SSSR count). The predicted octanol–water partition coefficient (Wildman–Crippen LogP) is 2.40. The smallest absolute Gasteiger partial charge is 0.237 e. The van der Waals surface area contributed by atoms with Crippen molar-refractivity contribution >= 4 is 0 Å². The number of hydrogen-bond donors (Lipinski definition) is 0. The van der Waals surface area contributed by atoms with E-state index < -0.39 is 0 Å². The minimum absolute atomic E-state index is 0.402. The maximum atomic E-state index is 2.23. The summed E-state index contributed by atoms with van der Waals surface area (Å²) in [6, 6.07) is 11.0. The molecule has 0 amide bonds. The van der Waals surface area contributed by atoms with E-state index in [1.165, 1.54) is 5.56 Å². The molecule has 0 saturated heterocycles. The van der Waals surface area contributed by atoms with Crippen molar-refractivity contribution in [3.05, 3.63) is 54.6 Å². The predicted molar refractivity (Wildman–Crippen MR) is 60.6 cm³/mol. The Morgan fingerprint density at radius 2 is 2.00 bits per heavy atom. The van der Waals surface area contributed by atoms with Crippen molar-refractivity contribution in [3.63, 3.8) is 0 Å². The van der Waals surface area contributed by atoms with Crippen LogP contribution in [0.25, 0.3) is 0 Å². The van der Waals surface area contributed by atoms with Crippen LogP contribution in [0.3, 0.4) is 0 Å². The number of hydrogen-bond acceptors (Lipinski definition) is 0. The number of rotatable bonds is 3. The molecule has 2 aromatic rings. The molecule has 0 fully saturated rings. The summed E-state index contributed by atoms with van der Waals surface area (Å²) >= 11 is 0. The lowest BCUT2D eigenvalue weighted by Crippen LogP contribution is -2.29. The van der Waals surface area contributed by atoms with E-state index in [2.05, 4.69) is 72.0 Å². The van der Waals surface area contributed by atoms with Crippen LogP contribution in [0.4, 0.5) is 0 Å². The zero-order valence-electron chi connectivity index (χ0n) is 9.30. The van der Waals surface area contributed by atoms with Gasteiger partial charge in [0, 0.05) is 0 Å². The standard InChI is InChI=1S/C13H17N2/c1-3-14-9-10-15(11-14)12(2)13-7-5-4-6-8-13/h4-12H,3H2,1-2H3/q+1. The van der Waals surface area contributed by atoms with E-state index in [4.69, 9.17) is 0 Å². The highest BCUT2D eigenvalue weighted by Gasteiger charge is 2.12. The highest BCUT2D eigenvalue weighted by atomic mass is 15.1. The fourth-order valence-corrected chi connectivity index (χ4v) is 1.73. The number of imidazole rings is 1. The zero-order chi connectivity index (χ0) is 10.7. The Bertz CT molecular complexity index is 417. The maximum absolute atomic E-state index is 2.23. The van der Waals surface area contributed by atoms with Gasteiger partial charge < -0.3 is 0 Å². The first-order chi connectivity index (χ1) is 7.31. The van der Waals surface area contributed by atoms with Crippen LogP contribution in [0.15, 0.2) is 49.1 Å². The third-order valence-electron chi connectivity index (χ3n) is 2.81. The highest BCUT2D eigenvalue weighted by molar-refractivity contribution is 5.18. The number of aromatic nitrogens is 2. The van der Waals surface area contributed by atoms with Crippen LogP contribution in [0.1, 0.15) is 25.5 Å². The summed E-state index contributed by atoms with van der Waals surface area (Å²) in [6.07, 6.45) is 6.39. The Kier molecular flexibility index (Phi) is 2.86. The molecule has 0 radical (unpaired) electrons. The third kappa shape index (κ3) is 2.09. The quantitative estimate of drug-likeness (QED) is 0.674. The topological polar surface area (TPSA) is 8.81 Å². The van der Waals surface area contributed by atoms with Gasteiger partial charge in [-0.05, 0) is 19.4 Å². The van der Waals surface area contributed by atoms with E-state index in [1.807, 2.05) is 0 Å². The molecule has 0 aliphatic carbocycles. The molecule has 78 valence electrons. The SMILES string of the molecule is CC[n+]1ccn(C(C)c2ccccc2)c1. The molecule has 1 aromatic heterocycles. The fourth-order valence-electron chi connectivity index (χ4n) is 1.73. The zero-order valence-corrected chi connectivity index (χ0v) is 9.30. The molecule has 15 heavy (non-hydrogen) atoms. The van der Waals surface area contributed by atoms with Gasteiger partial charge in [-0.25, -0.2) is 9.13 Å². The van der Waals surface area contributed by atoms with Gasteiger partial charge in [-0.2, -0.15) is 0 Å². The van der Waals surface area contributed by atoms with E-state index in [-0.39, 0.29) is 0 Å². The van der Waals surface area contributed by atoms with Crippen LogP contribution in [-0.4, -0.2) is 4.57 Å². The average molecular weight is 201 g/mol. The van der Waals surface area contributed by atoms with Crippen molar-refractivity contribution in [2.75, 3.05) is 0 Å². The molecule has 0 saturated carbocycles. The first-order valence-corrected chi connectivity index (χ1v) is 5.42. The third-order valence-corrected chi connectivity index (χ3v) is 2.81. The Morgan fingerprint density at radius 1 is 1.27 bits per heavy atom. The van der Waals surface area contributed by atoms with Crippen LogP contribution >= 0.6 is 0 Å². The van der Waals surface area contributed by atoms with Crippen molar-refractivity contribution in [1.29, 1.82) is 0 Å². The van der Waals surface area contributed by atoms with Gasteiger partial charge in [0.2, 0.25) is 6.33 Å². The van der Waals surface area contributed by atoms with Gasteiger partial charge in [-0.1, -0.05) is 30.3 Å². The van der Waals surface area contributed by atoms with Gasteiger partial charge in [0.1, 0.15) is 18.4 Å². The van der Waals surface area contributed by atoms with Crippen molar-refractivity contribution < 1.29 is 4.57 Å². The highest BCUT2D eigenvalue weighted by Crippen LogP contribution is 2.15. The second kappa shape index (κ2) is 4.30. The molecule has 1 unspecified atom stereocenters. The van der Waals surface area contributed by atoms with Gasteiger partial charge >= 0.3 is 0 Å². The van der Waals surface area contributed by atoms with E-state index in [9.17, 15) is 0 Å². The average Bonchev–Trinajstić information content (AvgIpc) is 2.78. The Labute approximate surface area is 90.8 Å². The molecule has 2 nitrogen and oxygen atoms in total. The second-order valence-corrected chi connectivity index (χ2v) is 3.78. The van der Waals surface area contributed by atoms with Gasteiger partial charge in [-0.15, -0.1) is 0 Å². The number of nitrogens with zero attached hydrogens (tertiary/aromatic N) is 2. The molecule has 0 bridgehead atoms. The van der Waals surface area contributed by atoms with E-state index >= 15 is 0 Å². The minimum atomic E-state index is 0.402. The second-order valence-electron chi connectivity index (χ2n) is 3.78. The lowest BCUT2D eigenvalue weighted by atomic mass is 10.1. The van der Waals surface area contributed by atoms with Crippen LogP contribution in [0.2, 0.25) is 0 Å². The molecular weight excluding hydrogens is 184 g/mol.